The van der Waals surface area contributed by atoms with Gasteiger partial charge in [0, 0.05) is 13.0 Å². The molecule has 28 heavy (non-hydrogen) atoms. The van der Waals surface area contributed by atoms with E-state index in [1.165, 1.54) is 6.92 Å². The van der Waals surface area contributed by atoms with E-state index in [1.54, 1.807) is 24.3 Å². The number of hydrogen-bond donors (Lipinski definition) is 4. The van der Waals surface area contributed by atoms with E-state index in [4.69, 9.17) is 0 Å². The molecule has 2 unspecified atom stereocenters. The zero-order chi connectivity index (χ0) is 20.4. The molecule has 0 aliphatic heterocycles. The Bertz CT molecular complexity index is 781. The van der Waals surface area contributed by atoms with Crippen LogP contribution in [-0.2, 0) is 27.3 Å². The summed E-state index contributed by atoms with van der Waals surface area (Å²) in [6.45, 7) is 2.11. The third-order valence-corrected chi connectivity index (χ3v) is 4.13. The monoisotopic (exact) mass is 383 g/mol. The van der Waals surface area contributed by atoms with Crippen LogP contribution in [0.15, 0.2) is 60.7 Å². The van der Waals surface area contributed by atoms with Crippen LogP contribution in [-0.4, -0.2) is 41.5 Å². The van der Waals surface area contributed by atoms with Gasteiger partial charge in [-0.15, -0.1) is 0 Å². The quantitative estimate of drug-likeness (QED) is 0.491. The van der Waals surface area contributed by atoms with Gasteiger partial charge in [0.1, 0.15) is 12.1 Å². The summed E-state index contributed by atoms with van der Waals surface area (Å²) in [4.78, 5) is 35.7. The summed E-state index contributed by atoms with van der Waals surface area (Å²) >= 11 is 0. The van der Waals surface area contributed by atoms with E-state index in [2.05, 4.69) is 16.0 Å². The SMILES string of the molecule is CC(NC(=O)CNCc1ccccc1)C(=O)NC(Cc1ccccc1)C(=O)O. The van der Waals surface area contributed by atoms with Gasteiger partial charge in [0.15, 0.2) is 0 Å². The van der Waals surface area contributed by atoms with E-state index in [0.29, 0.717) is 6.54 Å². The minimum atomic E-state index is -1.12. The van der Waals surface area contributed by atoms with E-state index in [9.17, 15) is 19.5 Å². The first-order valence-corrected chi connectivity index (χ1v) is 9.07. The zero-order valence-corrected chi connectivity index (χ0v) is 15.7. The Hall–Kier alpha value is -3.19. The lowest BCUT2D eigenvalue weighted by Gasteiger charge is -2.19. The molecule has 2 amide bonds. The lowest BCUT2D eigenvalue weighted by atomic mass is 10.1. The van der Waals surface area contributed by atoms with E-state index in [-0.39, 0.29) is 18.9 Å². The van der Waals surface area contributed by atoms with Gasteiger partial charge in [-0.3, -0.25) is 9.59 Å². The number of rotatable bonds is 10. The third-order valence-electron chi connectivity index (χ3n) is 4.13. The number of carbonyl (C=O) groups is 3. The fourth-order valence-corrected chi connectivity index (χ4v) is 2.62. The highest BCUT2D eigenvalue weighted by molar-refractivity contribution is 5.90. The predicted molar refractivity (Wildman–Crippen MR) is 105 cm³/mol. The average molecular weight is 383 g/mol. The molecule has 4 N–H and O–H groups in total. The molecular weight excluding hydrogens is 358 g/mol. The normalized spacial score (nSPS) is 12.6. The lowest BCUT2D eigenvalue weighted by molar-refractivity contribution is -0.142. The Kier molecular flexibility index (Phi) is 8.17. The molecule has 0 spiro atoms. The number of aliphatic carboxylic acids is 1. The number of carboxylic acid groups (broad SMARTS) is 1. The topological polar surface area (TPSA) is 108 Å². The van der Waals surface area contributed by atoms with Crippen LogP contribution in [0.5, 0.6) is 0 Å². The minimum absolute atomic E-state index is 0.0545. The van der Waals surface area contributed by atoms with Crippen LogP contribution in [0.4, 0.5) is 0 Å². The first kappa shape index (κ1) is 21.1. The number of amides is 2. The Morgan fingerprint density at radius 2 is 1.46 bits per heavy atom. The van der Waals surface area contributed by atoms with Crippen LogP contribution >= 0.6 is 0 Å². The van der Waals surface area contributed by atoms with Crippen LogP contribution in [0.3, 0.4) is 0 Å². The molecular formula is C21H25N3O4. The summed E-state index contributed by atoms with van der Waals surface area (Å²) in [5.41, 5.74) is 1.85. The number of carboxylic acids is 1. The van der Waals surface area contributed by atoms with E-state index in [1.807, 2.05) is 36.4 Å². The second-order valence-corrected chi connectivity index (χ2v) is 6.47. The number of hydrogen-bond acceptors (Lipinski definition) is 4. The highest BCUT2D eigenvalue weighted by Gasteiger charge is 2.24. The second-order valence-electron chi connectivity index (χ2n) is 6.47. The fourth-order valence-electron chi connectivity index (χ4n) is 2.62. The third kappa shape index (κ3) is 7.20. The van der Waals surface area contributed by atoms with Crippen molar-refractivity contribution in [3.8, 4) is 0 Å². The van der Waals surface area contributed by atoms with E-state index >= 15 is 0 Å². The summed E-state index contributed by atoms with van der Waals surface area (Å²) in [7, 11) is 0. The van der Waals surface area contributed by atoms with Crippen LogP contribution in [0.2, 0.25) is 0 Å². The molecule has 0 fully saturated rings. The summed E-state index contributed by atoms with van der Waals surface area (Å²) in [5, 5.41) is 17.4. The van der Waals surface area contributed by atoms with Crippen molar-refractivity contribution in [2.24, 2.45) is 0 Å². The highest BCUT2D eigenvalue weighted by atomic mass is 16.4. The van der Waals surface area contributed by atoms with Crippen molar-refractivity contribution in [3.63, 3.8) is 0 Å². The standard InChI is InChI=1S/C21H25N3O4/c1-15(23-19(25)14-22-13-17-10-6-3-7-11-17)20(26)24-18(21(27)28)12-16-8-4-2-5-9-16/h2-11,15,18,22H,12-14H2,1H3,(H,23,25)(H,24,26)(H,27,28). The van der Waals surface area contributed by atoms with Crippen molar-refractivity contribution in [1.82, 2.24) is 16.0 Å². The molecule has 2 rings (SSSR count). The predicted octanol–water partition coefficient (Wildman–Crippen LogP) is 1.09. The second kappa shape index (κ2) is 10.8. The smallest absolute Gasteiger partial charge is 0.326 e. The van der Waals surface area contributed by atoms with Gasteiger partial charge in [0.05, 0.1) is 6.54 Å². The Morgan fingerprint density at radius 3 is 2.04 bits per heavy atom. The highest BCUT2D eigenvalue weighted by Crippen LogP contribution is 2.04. The van der Waals surface area contributed by atoms with Crippen molar-refractivity contribution in [2.75, 3.05) is 6.54 Å². The zero-order valence-electron chi connectivity index (χ0n) is 15.7. The molecule has 0 radical (unpaired) electrons. The molecule has 2 atom stereocenters. The maximum atomic E-state index is 12.3. The number of nitrogens with one attached hydrogen (secondary N) is 3. The molecule has 7 heteroatoms. The van der Waals surface area contributed by atoms with Gasteiger partial charge in [-0.2, -0.15) is 0 Å². The molecule has 0 saturated heterocycles. The van der Waals surface area contributed by atoms with Gasteiger partial charge in [-0.05, 0) is 18.1 Å². The van der Waals surface area contributed by atoms with Gasteiger partial charge < -0.3 is 21.1 Å². The van der Waals surface area contributed by atoms with Gasteiger partial charge >= 0.3 is 5.97 Å². The van der Waals surface area contributed by atoms with Crippen molar-refractivity contribution in [1.29, 1.82) is 0 Å². The van der Waals surface area contributed by atoms with E-state index in [0.717, 1.165) is 11.1 Å². The first-order valence-electron chi connectivity index (χ1n) is 9.07. The largest absolute Gasteiger partial charge is 0.480 e. The number of carbonyl (C=O) groups excluding carboxylic acids is 2. The van der Waals surface area contributed by atoms with Gasteiger partial charge in [-0.1, -0.05) is 60.7 Å². The van der Waals surface area contributed by atoms with Crippen molar-refractivity contribution in [2.45, 2.75) is 32.0 Å². The van der Waals surface area contributed by atoms with Crippen LogP contribution in [0.1, 0.15) is 18.1 Å². The van der Waals surface area contributed by atoms with Gasteiger partial charge in [0.25, 0.3) is 0 Å². The Balaban J connectivity index is 1.78. The lowest BCUT2D eigenvalue weighted by Crippen LogP contribution is -2.52. The van der Waals surface area contributed by atoms with Crippen molar-refractivity contribution in [3.05, 3.63) is 71.8 Å². The molecule has 2 aromatic rings. The maximum Gasteiger partial charge on any atom is 0.326 e. The van der Waals surface area contributed by atoms with Crippen molar-refractivity contribution < 1.29 is 19.5 Å². The summed E-state index contributed by atoms with van der Waals surface area (Å²) in [6, 6.07) is 16.8. The molecule has 0 saturated carbocycles. The van der Waals surface area contributed by atoms with Crippen LogP contribution < -0.4 is 16.0 Å². The van der Waals surface area contributed by atoms with Crippen molar-refractivity contribution >= 4 is 17.8 Å². The van der Waals surface area contributed by atoms with E-state index < -0.39 is 24.0 Å². The molecule has 7 nitrogen and oxygen atoms in total. The molecule has 0 bridgehead atoms. The average Bonchev–Trinajstić information content (AvgIpc) is 2.69. The van der Waals surface area contributed by atoms with Gasteiger partial charge in [-0.25, -0.2) is 4.79 Å². The molecule has 0 aromatic heterocycles. The number of benzene rings is 2. The molecule has 0 heterocycles. The molecule has 148 valence electrons. The fraction of sp³-hybridized carbons (Fsp3) is 0.286. The minimum Gasteiger partial charge on any atom is -0.480 e. The summed E-state index contributed by atoms with van der Waals surface area (Å²) < 4.78 is 0. The van der Waals surface area contributed by atoms with Gasteiger partial charge in [0.2, 0.25) is 11.8 Å². The molecule has 0 aliphatic rings. The first-order chi connectivity index (χ1) is 13.5. The Morgan fingerprint density at radius 1 is 0.893 bits per heavy atom. The maximum absolute atomic E-state index is 12.3. The summed E-state index contributed by atoms with van der Waals surface area (Å²) in [5.74, 6) is -2.01. The van der Waals surface area contributed by atoms with Crippen LogP contribution in [0, 0.1) is 0 Å². The Labute approximate surface area is 164 Å². The molecule has 2 aromatic carbocycles. The summed E-state index contributed by atoms with van der Waals surface area (Å²) in [6.07, 6.45) is 0.168. The van der Waals surface area contributed by atoms with Crippen LogP contribution in [0.25, 0.3) is 0 Å². The molecule has 0 aliphatic carbocycles.